The molecule has 2 aliphatic heterocycles. The molecule has 0 bridgehead atoms. The maximum Gasteiger partial charge on any atom is 0.160 e. The number of nitrogens with zero attached hydrogens (tertiary/aromatic N) is 1. The molecule has 2 fully saturated rings. The number of fused-ring (bicyclic) bond motifs is 6. The van der Waals surface area contributed by atoms with Gasteiger partial charge in [0.2, 0.25) is 0 Å². The lowest BCUT2D eigenvalue weighted by Crippen LogP contribution is -2.35. The number of benzene rings is 2. The van der Waals surface area contributed by atoms with Gasteiger partial charge < -0.3 is 20.3 Å². The van der Waals surface area contributed by atoms with Gasteiger partial charge >= 0.3 is 0 Å². The van der Waals surface area contributed by atoms with Gasteiger partial charge in [0, 0.05) is 36.0 Å². The number of ether oxygens (including phenoxy) is 1. The Morgan fingerprint density at radius 2 is 1.75 bits per heavy atom. The van der Waals surface area contributed by atoms with Crippen LogP contribution in [0.25, 0.3) is 0 Å². The highest BCUT2D eigenvalue weighted by molar-refractivity contribution is 8.93. The van der Waals surface area contributed by atoms with Crippen molar-refractivity contribution in [2.24, 2.45) is 0 Å². The molecule has 4 aliphatic rings. The van der Waals surface area contributed by atoms with Crippen molar-refractivity contribution in [3.05, 3.63) is 64.7 Å². The summed E-state index contributed by atoms with van der Waals surface area (Å²) in [6.07, 6.45) is 8.71. The van der Waals surface area contributed by atoms with Crippen LogP contribution in [-0.4, -0.2) is 53.9 Å². The van der Waals surface area contributed by atoms with Crippen LogP contribution in [0.3, 0.4) is 0 Å². The van der Waals surface area contributed by atoms with Gasteiger partial charge in [0.25, 0.3) is 0 Å². The number of hydrogen-bond donors (Lipinski definition) is 3. The van der Waals surface area contributed by atoms with Crippen molar-refractivity contribution < 1.29 is 14.9 Å². The summed E-state index contributed by atoms with van der Waals surface area (Å²) in [5.41, 5.74) is 6.45. The first-order chi connectivity index (χ1) is 16.5. The molecule has 0 unspecified atom stereocenters. The molecule has 2 aliphatic carbocycles. The average Bonchev–Trinajstić information content (AvgIpc) is 3.49. The van der Waals surface area contributed by atoms with Gasteiger partial charge in [-0.2, -0.15) is 0 Å². The Morgan fingerprint density at radius 3 is 2.50 bits per heavy atom. The number of phenolic OH excluding ortho intramolecular Hbond substituents is 2. The molecular weight excluding hydrogens is 540 g/mol. The Kier molecular flexibility index (Phi) is 9.78. The lowest BCUT2D eigenvalue weighted by atomic mass is 9.79. The van der Waals surface area contributed by atoms with Gasteiger partial charge in [-0.25, -0.2) is 0 Å². The molecule has 198 valence electrons. The van der Waals surface area contributed by atoms with Crippen LogP contribution in [0.4, 0.5) is 0 Å². The van der Waals surface area contributed by atoms with Gasteiger partial charge in [0.05, 0.1) is 7.11 Å². The second-order valence-corrected chi connectivity index (χ2v) is 10.3. The first kappa shape index (κ1) is 28.8. The van der Waals surface area contributed by atoms with Crippen LogP contribution < -0.4 is 10.1 Å². The number of hydrogen-bond acceptors (Lipinski definition) is 5. The Bertz CT molecular complexity index is 1080. The molecule has 2 heterocycles. The summed E-state index contributed by atoms with van der Waals surface area (Å²) in [5.74, 6) is 2.45. The molecule has 0 amide bonds. The number of halogens is 2. The number of rotatable bonds is 3. The fourth-order valence-corrected chi connectivity index (χ4v) is 6.99. The molecule has 4 atom stereocenters. The summed E-state index contributed by atoms with van der Waals surface area (Å²) in [7, 11) is 1.79. The minimum Gasteiger partial charge on any atom is -0.504 e. The predicted octanol–water partition coefficient (Wildman–Crippen LogP) is 5.78. The lowest BCUT2D eigenvalue weighted by Gasteiger charge is -2.33. The number of nitrogens with one attached hydrogen (secondary N) is 1. The molecular formula is C29H40BrClN2O3. The molecule has 2 saturated heterocycles. The van der Waals surface area contributed by atoms with E-state index in [0.717, 1.165) is 56.0 Å². The van der Waals surface area contributed by atoms with Crippen LogP contribution in [0.5, 0.6) is 17.2 Å². The van der Waals surface area contributed by atoms with Gasteiger partial charge in [-0.05, 0) is 86.9 Å². The van der Waals surface area contributed by atoms with E-state index in [1.807, 2.05) is 12.1 Å². The van der Waals surface area contributed by atoms with Gasteiger partial charge in [-0.1, -0.05) is 24.3 Å². The van der Waals surface area contributed by atoms with E-state index in [2.05, 4.69) is 35.9 Å². The third-order valence-electron chi connectivity index (χ3n) is 8.56. The van der Waals surface area contributed by atoms with E-state index in [1.54, 1.807) is 13.2 Å². The van der Waals surface area contributed by atoms with Crippen molar-refractivity contribution in [2.45, 2.75) is 69.4 Å². The van der Waals surface area contributed by atoms with Crippen molar-refractivity contribution in [2.75, 3.05) is 26.7 Å². The van der Waals surface area contributed by atoms with E-state index in [0.29, 0.717) is 18.0 Å². The Labute approximate surface area is 232 Å². The summed E-state index contributed by atoms with van der Waals surface area (Å²) in [5, 5.41) is 23.1. The number of likely N-dealkylation sites (tertiary alicyclic amines) is 1. The van der Waals surface area contributed by atoms with Gasteiger partial charge in [-0.3, -0.25) is 4.90 Å². The van der Waals surface area contributed by atoms with Crippen molar-refractivity contribution in [1.82, 2.24) is 10.2 Å². The molecule has 0 aromatic heterocycles. The molecule has 0 spiro atoms. The van der Waals surface area contributed by atoms with E-state index < -0.39 is 0 Å². The highest BCUT2D eigenvalue weighted by Gasteiger charge is 2.39. The van der Waals surface area contributed by atoms with Crippen molar-refractivity contribution >= 4 is 29.4 Å². The van der Waals surface area contributed by atoms with Crippen molar-refractivity contribution in [1.29, 1.82) is 0 Å². The summed E-state index contributed by atoms with van der Waals surface area (Å²) in [4.78, 5) is 2.48. The molecule has 2 aromatic carbocycles. The number of aromatic hydroxyl groups is 2. The predicted molar refractivity (Wildman–Crippen MR) is 154 cm³/mol. The zero-order chi connectivity index (χ0) is 23.8. The first-order valence-electron chi connectivity index (χ1n) is 12.8. The fourth-order valence-electron chi connectivity index (χ4n) is 6.99. The Balaban J connectivity index is 0.000000191. The highest BCUT2D eigenvalue weighted by Crippen LogP contribution is 2.46. The maximum absolute atomic E-state index is 9.95. The Morgan fingerprint density at radius 1 is 1.03 bits per heavy atom. The molecule has 5 nitrogen and oxygen atoms in total. The van der Waals surface area contributed by atoms with Crippen LogP contribution in [0, 0.1) is 6.92 Å². The zero-order valence-corrected chi connectivity index (χ0v) is 23.9. The summed E-state index contributed by atoms with van der Waals surface area (Å²) in [6.45, 7) is 9.17. The van der Waals surface area contributed by atoms with Gasteiger partial charge in [0.1, 0.15) is 5.75 Å². The van der Waals surface area contributed by atoms with Crippen molar-refractivity contribution in [3.63, 3.8) is 0 Å². The maximum atomic E-state index is 9.95. The van der Waals surface area contributed by atoms with Gasteiger partial charge in [-0.15, -0.1) is 36.0 Å². The van der Waals surface area contributed by atoms with Crippen LogP contribution in [0.15, 0.2) is 36.9 Å². The largest absolute Gasteiger partial charge is 0.504 e. The molecule has 0 saturated carbocycles. The van der Waals surface area contributed by atoms with E-state index in [1.165, 1.54) is 41.6 Å². The van der Waals surface area contributed by atoms with E-state index in [4.69, 9.17) is 4.74 Å². The molecule has 7 heteroatoms. The normalized spacial score (nSPS) is 25.5. The summed E-state index contributed by atoms with van der Waals surface area (Å²) < 4.78 is 5.57. The SMILES string of the molecule is Br.C=CCN1CC[C@H]2c3ccc(O)c(O)c3CC[C@H]21.COc1c(C)ccc2c1CC[C@H]1NCC[C@@H]21.Cl. The molecule has 6 rings (SSSR count). The van der Waals surface area contributed by atoms with E-state index >= 15 is 0 Å². The molecule has 2 aromatic rings. The second kappa shape index (κ2) is 12.2. The second-order valence-electron chi connectivity index (χ2n) is 10.3. The third-order valence-corrected chi connectivity index (χ3v) is 8.56. The minimum absolute atomic E-state index is 0. The summed E-state index contributed by atoms with van der Waals surface area (Å²) >= 11 is 0. The van der Waals surface area contributed by atoms with Gasteiger partial charge in [0.15, 0.2) is 11.5 Å². The van der Waals surface area contributed by atoms with E-state index in [-0.39, 0.29) is 40.9 Å². The first-order valence-corrected chi connectivity index (χ1v) is 12.8. The third kappa shape index (κ3) is 5.15. The molecule has 36 heavy (non-hydrogen) atoms. The van der Waals surface area contributed by atoms with Crippen LogP contribution in [-0.2, 0) is 12.8 Å². The number of phenols is 2. The number of methoxy groups -OCH3 is 1. The summed E-state index contributed by atoms with van der Waals surface area (Å²) in [6, 6.07) is 9.40. The molecule has 3 N–H and O–H groups in total. The smallest absolute Gasteiger partial charge is 0.160 e. The monoisotopic (exact) mass is 578 g/mol. The quantitative estimate of drug-likeness (QED) is 0.318. The topological polar surface area (TPSA) is 65.0 Å². The average molecular weight is 580 g/mol. The molecule has 0 radical (unpaired) electrons. The standard InChI is InChI=1S/C15H19NO2.C14H19NO.BrH.ClH/c1-2-8-16-9-7-11-10-4-6-14(17)15(18)12(10)3-5-13(11)16;1-9-3-4-10-11-7-8-15-13(11)6-5-12(10)14(9)16-2;;/h2,4,6,11,13,17-18H,1,3,5,7-9H2;3-4,11,13,15H,5-8H2,1-2H3;2*1H/t2*11-,13+;;/m00../s1. The number of aryl methyl sites for hydroxylation is 1. The Hall–Kier alpha value is -1.73. The van der Waals surface area contributed by atoms with E-state index in [9.17, 15) is 10.2 Å². The van der Waals surface area contributed by atoms with Crippen LogP contribution >= 0.6 is 29.4 Å². The van der Waals surface area contributed by atoms with Crippen LogP contribution in [0.1, 0.15) is 65.3 Å². The lowest BCUT2D eigenvalue weighted by molar-refractivity contribution is 0.248. The zero-order valence-electron chi connectivity index (χ0n) is 21.3. The highest BCUT2D eigenvalue weighted by atomic mass is 79.9. The van der Waals surface area contributed by atoms with Crippen molar-refractivity contribution in [3.8, 4) is 17.2 Å². The fraction of sp³-hybridized carbons (Fsp3) is 0.517. The van der Waals surface area contributed by atoms with Crippen LogP contribution in [0.2, 0.25) is 0 Å². The minimum atomic E-state index is 0.